The molecule has 122 valence electrons. The number of nitriles is 1. The van der Waals surface area contributed by atoms with Crippen molar-refractivity contribution < 1.29 is 9.53 Å². The zero-order valence-electron chi connectivity index (χ0n) is 13.5. The second kappa shape index (κ2) is 8.19. The summed E-state index contributed by atoms with van der Waals surface area (Å²) in [4.78, 5) is 12.3. The van der Waals surface area contributed by atoms with Crippen LogP contribution in [0.4, 0.5) is 5.69 Å². The standard InChI is InChI=1S/C19H17ClN2O2/c1-3-24-17-6-4-5-14(11-17)10-15(12-21)19(23)22-18-8-7-16(20)9-13(18)2/h4-11H,3H2,1-2H3,(H,22,23)/b15-10+. The number of benzene rings is 2. The van der Waals surface area contributed by atoms with Crippen LogP contribution in [0.1, 0.15) is 18.1 Å². The van der Waals surface area contributed by atoms with E-state index in [0.29, 0.717) is 23.1 Å². The SMILES string of the molecule is CCOc1cccc(/C=C(\C#N)C(=O)Nc2ccc(Cl)cc2C)c1. The van der Waals surface area contributed by atoms with Crippen molar-refractivity contribution in [1.29, 1.82) is 5.26 Å². The fourth-order valence-electron chi connectivity index (χ4n) is 2.13. The maximum Gasteiger partial charge on any atom is 0.266 e. The molecule has 0 unspecified atom stereocenters. The predicted octanol–water partition coefficient (Wildman–Crippen LogP) is 4.59. The van der Waals surface area contributed by atoms with Crippen molar-refractivity contribution in [3.05, 3.63) is 64.2 Å². The molecule has 5 heteroatoms. The normalized spacial score (nSPS) is 10.8. The molecule has 0 heterocycles. The lowest BCUT2D eigenvalue weighted by molar-refractivity contribution is -0.112. The average Bonchev–Trinajstić information content (AvgIpc) is 2.56. The minimum absolute atomic E-state index is 0.0120. The molecule has 0 saturated carbocycles. The van der Waals surface area contributed by atoms with Gasteiger partial charge < -0.3 is 10.1 Å². The lowest BCUT2D eigenvalue weighted by Crippen LogP contribution is -2.14. The number of aryl methyl sites for hydroxylation is 1. The van der Waals surface area contributed by atoms with E-state index in [1.54, 1.807) is 30.3 Å². The summed E-state index contributed by atoms with van der Waals surface area (Å²) in [7, 11) is 0. The monoisotopic (exact) mass is 340 g/mol. The number of halogens is 1. The molecule has 0 aliphatic rings. The molecule has 2 aromatic rings. The number of rotatable bonds is 5. The van der Waals surface area contributed by atoms with Crippen LogP contribution in [0.25, 0.3) is 6.08 Å². The minimum Gasteiger partial charge on any atom is -0.494 e. The van der Waals surface area contributed by atoms with E-state index >= 15 is 0 Å². The third-order valence-electron chi connectivity index (χ3n) is 3.28. The van der Waals surface area contributed by atoms with Crippen molar-refractivity contribution in [3.63, 3.8) is 0 Å². The first kappa shape index (κ1) is 17.6. The number of ether oxygens (including phenoxy) is 1. The van der Waals surface area contributed by atoms with Crippen molar-refractivity contribution in [3.8, 4) is 11.8 Å². The second-order valence-corrected chi connectivity index (χ2v) is 5.53. The van der Waals surface area contributed by atoms with Crippen LogP contribution in [0.2, 0.25) is 5.02 Å². The van der Waals surface area contributed by atoms with Gasteiger partial charge in [-0.3, -0.25) is 4.79 Å². The molecule has 1 amide bonds. The second-order valence-electron chi connectivity index (χ2n) is 5.09. The van der Waals surface area contributed by atoms with Crippen molar-refractivity contribution in [1.82, 2.24) is 0 Å². The topological polar surface area (TPSA) is 62.1 Å². The highest BCUT2D eigenvalue weighted by Gasteiger charge is 2.11. The Bertz CT molecular complexity index is 822. The highest BCUT2D eigenvalue weighted by Crippen LogP contribution is 2.21. The summed E-state index contributed by atoms with van der Waals surface area (Å²) in [5.74, 6) is 0.224. The molecule has 0 bridgehead atoms. The molecule has 4 nitrogen and oxygen atoms in total. The van der Waals surface area contributed by atoms with Crippen LogP contribution < -0.4 is 10.1 Å². The summed E-state index contributed by atoms with van der Waals surface area (Å²) in [6.45, 7) is 4.28. The Kier molecular flexibility index (Phi) is 6.00. The number of nitrogens with zero attached hydrogens (tertiary/aromatic N) is 1. The van der Waals surface area contributed by atoms with E-state index in [9.17, 15) is 10.1 Å². The molecule has 0 saturated heterocycles. The van der Waals surface area contributed by atoms with Crippen molar-refractivity contribution >= 4 is 29.3 Å². The van der Waals surface area contributed by atoms with Gasteiger partial charge in [0.1, 0.15) is 17.4 Å². The van der Waals surface area contributed by atoms with Crippen LogP contribution in [0.15, 0.2) is 48.0 Å². The number of hydrogen-bond acceptors (Lipinski definition) is 3. The first-order valence-corrected chi connectivity index (χ1v) is 7.83. The molecule has 0 spiro atoms. The Labute approximate surface area is 146 Å². The van der Waals surface area contributed by atoms with E-state index in [-0.39, 0.29) is 5.57 Å². The van der Waals surface area contributed by atoms with Gasteiger partial charge in [0.15, 0.2) is 0 Å². The summed E-state index contributed by atoms with van der Waals surface area (Å²) in [6.07, 6.45) is 1.53. The Morgan fingerprint density at radius 1 is 1.33 bits per heavy atom. The van der Waals surface area contributed by atoms with Gasteiger partial charge in [-0.2, -0.15) is 5.26 Å². The van der Waals surface area contributed by atoms with E-state index in [2.05, 4.69) is 5.32 Å². The maximum absolute atomic E-state index is 12.3. The van der Waals surface area contributed by atoms with Gasteiger partial charge in [0.2, 0.25) is 0 Å². The number of carbonyl (C=O) groups is 1. The third kappa shape index (κ3) is 4.61. The Morgan fingerprint density at radius 3 is 2.79 bits per heavy atom. The van der Waals surface area contributed by atoms with Crippen molar-refractivity contribution in [2.45, 2.75) is 13.8 Å². The zero-order chi connectivity index (χ0) is 17.5. The Balaban J connectivity index is 2.22. The van der Waals surface area contributed by atoms with Crippen molar-refractivity contribution in [2.75, 3.05) is 11.9 Å². The Morgan fingerprint density at radius 2 is 2.12 bits per heavy atom. The zero-order valence-corrected chi connectivity index (χ0v) is 14.2. The van der Waals surface area contributed by atoms with E-state index in [0.717, 1.165) is 11.1 Å². The van der Waals surface area contributed by atoms with E-state index in [1.165, 1.54) is 6.08 Å². The summed E-state index contributed by atoms with van der Waals surface area (Å²) in [5.41, 5.74) is 2.18. The number of nitrogens with one attached hydrogen (secondary N) is 1. The lowest BCUT2D eigenvalue weighted by atomic mass is 10.1. The summed E-state index contributed by atoms with van der Waals surface area (Å²) in [5, 5.41) is 12.6. The van der Waals surface area contributed by atoms with Gasteiger partial charge >= 0.3 is 0 Å². The van der Waals surface area contributed by atoms with Gasteiger partial charge in [-0.15, -0.1) is 0 Å². The summed E-state index contributed by atoms with van der Waals surface area (Å²) in [6, 6.07) is 14.3. The number of amides is 1. The van der Waals surface area contributed by atoms with Gasteiger partial charge in [0.05, 0.1) is 6.61 Å². The van der Waals surface area contributed by atoms with Crippen LogP contribution in [0.3, 0.4) is 0 Å². The molecule has 1 N–H and O–H groups in total. The fraction of sp³-hybridized carbons (Fsp3) is 0.158. The molecule has 0 atom stereocenters. The van der Waals surface area contributed by atoms with E-state index in [4.69, 9.17) is 16.3 Å². The highest BCUT2D eigenvalue weighted by atomic mass is 35.5. The Hall–Kier alpha value is -2.77. The van der Waals surface area contributed by atoms with E-state index in [1.807, 2.05) is 32.0 Å². The minimum atomic E-state index is -0.468. The molecular formula is C19H17ClN2O2. The van der Waals surface area contributed by atoms with Crippen molar-refractivity contribution in [2.24, 2.45) is 0 Å². The summed E-state index contributed by atoms with van der Waals surface area (Å²) >= 11 is 5.90. The highest BCUT2D eigenvalue weighted by molar-refractivity contribution is 6.30. The van der Waals surface area contributed by atoms with Crippen LogP contribution in [0.5, 0.6) is 5.75 Å². The first-order valence-electron chi connectivity index (χ1n) is 7.45. The predicted molar refractivity (Wildman–Crippen MR) is 96.0 cm³/mol. The smallest absolute Gasteiger partial charge is 0.266 e. The van der Waals surface area contributed by atoms with Crippen LogP contribution in [-0.2, 0) is 4.79 Å². The summed E-state index contributed by atoms with van der Waals surface area (Å²) < 4.78 is 5.42. The molecule has 0 aliphatic carbocycles. The fourth-order valence-corrected chi connectivity index (χ4v) is 2.36. The number of carbonyl (C=O) groups excluding carboxylic acids is 1. The van der Waals surface area contributed by atoms with Gasteiger partial charge in [-0.1, -0.05) is 23.7 Å². The van der Waals surface area contributed by atoms with Gasteiger partial charge in [0.25, 0.3) is 5.91 Å². The molecule has 0 radical (unpaired) electrons. The number of hydrogen-bond donors (Lipinski definition) is 1. The molecule has 0 fully saturated rings. The molecule has 2 rings (SSSR count). The third-order valence-corrected chi connectivity index (χ3v) is 3.52. The van der Waals surface area contributed by atoms with Gasteiger partial charge in [-0.25, -0.2) is 0 Å². The molecular weight excluding hydrogens is 324 g/mol. The van der Waals surface area contributed by atoms with Gasteiger partial charge in [0, 0.05) is 10.7 Å². The first-order chi connectivity index (χ1) is 11.5. The lowest BCUT2D eigenvalue weighted by Gasteiger charge is -2.08. The molecule has 24 heavy (non-hydrogen) atoms. The maximum atomic E-state index is 12.3. The van der Waals surface area contributed by atoms with Crippen LogP contribution in [0, 0.1) is 18.3 Å². The largest absolute Gasteiger partial charge is 0.494 e. The average molecular weight is 341 g/mol. The number of anilines is 1. The molecule has 2 aromatic carbocycles. The van der Waals surface area contributed by atoms with Crippen LogP contribution >= 0.6 is 11.6 Å². The molecule has 0 aromatic heterocycles. The quantitative estimate of drug-likeness (QED) is 0.639. The van der Waals surface area contributed by atoms with Gasteiger partial charge in [-0.05, 0) is 61.4 Å². The van der Waals surface area contributed by atoms with E-state index < -0.39 is 5.91 Å². The molecule has 0 aliphatic heterocycles. The van der Waals surface area contributed by atoms with Crippen LogP contribution in [-0.4, -0.2) is 12.5 Å².